The van der Waals surface area contributed by atoms with Gasteiger partial charge in [-0.05, 0) is 30.4 Å². The lowest BCUT2D eigenvalue weighted by Gasteiger charge is -2.17. The predicted molar refractivity (Wildman–Crippen MR) is 76.5 cm³/mol. The van der Waals surface area contributed by atoms with Gasteiger partial charge in [0.1, 0.15) is 11.5 Å². The number of phenols is 2. The van der Waals surface area contributed by atoms with Crippen LogP contribution in [0.1, 0.15) is 25.8 Å². The monoisotopic (exact) mass is 281 g/mol. The molecule has 0 fully saturated rings. The van der Waals surface area contributed by atoms with Gasteiger partial charge in [-0.3, -0.25) is 4.79 Å². The normalized spacial score (nSPS) is 12.4. The van der Waals surface area contributed by atoms with Crippen molar-refractivity contribution in [3.05, 3.63) is 23.8 Å². The maximum absolute atomic E-state index is 12.1. The van der Waals surface area contributed by atoms with E-state index in [0.717, 1.165) is 0 Å². The molecule has 0 bridgehead atoms. The predicted octanol–water partition coefficient (Wildman–Crippen LogP) is 1.41. The average molecular weight is 281 g/mol. The number of aromatic hydroxyl groups is 2. The van der Waals surface area contributed by atoms with Gasteiger partial charge in [-0.2, -0.15) is 0 Å². The second-order valence-electron chi connectivity index (χ2n) is 5.37. The van der Waals surface area contributed by atoms with Gasteiger partial charge in [-0.25, -0.2) is 0 Å². The van der Waals surface area contributed by atoms with Crippen LogP contribution in [0.2, 0.25) is 0 Å². The van der Waals surface area contributed by atoms with Crippen LogP contribution in [-0.4, -0.2) is 34.4 Å². The number of hydrogen-bond acceptors (Lipinski definition) is 4. The summed E-state index contributed by atoms with van der Waals surface area (Å²) in [5.74, 6) is -0.218. The zero-order valence-electron chi connectivity index (χ0n) is 12.0. The molecule has 1 rings (SSSR count). The molecule has 0 spiro atoms. The number of carbonyl (C=O) groups is 1. The second kappa shape index (κ2) is 7.75. The third kappa shape index (κ3) is 5.09. The third-order valence-electron chi connectivity index (χ3n) is 3.07. The van der Waals surface area contributed by atoms with E-state index in [4.69, 9.17) is 5.11 Å². The molecule has 1 atom stereocenters. The summed E-state index contributed by atoms with van der Waals surface area (Å²) in [5.41, 5.74) is 0.584. The first-order valence-electron chi connectivity index (χ1n) is 6.83. The quantitative estimate of drug-likeness (QED) is 0.608. The minimum Gasteiger partial charge on any atom is -0.508 e. The largest absolute Gasteiger partial charge is 0.508 e. The standard InChI is InChI=1S/C15H23NO4/c1-10(2)9-16-15(20)12(5-6-17)7-11-3-4-13(18)8-14(11)19/h3-4,8,10,12,17-19H,5-7,9H2,1-2H3,(H,16,20). The molecule has 4 N–H and O–H groups in total. The number of nitrogens with one attached hydrogen (secondary N) is 1. The smallest absolute Gasteiger partial charge is 0.223 e. The van der Waals surface area contributed by atoms with Crippen LogP contribution < -0.4 is 5.32 Å². The van der Waals surface area contributed by atoms with Crippen molar-refractivity contribution >= 4 is 5.91 Å². The molecule has 0 aliphatic rings. The fourth-order valence-electron chi connectivity index (χ4n) is 1.92. The molecule has 1 amide bonds. The zero-order valence-corrected chi connectivity index (χ0v) is 12.0. The lowest BCUT2D eigenvalue weighted by molar-refractivity contribution is -0.125. The topological polar surface area (TPSA) is 89.8 Å². The first kappa shape index (κ1) is 16.3. The van der Waals surface area contributed by atoms with Crippen molar-refractivity contribution in [2.24, 2.45) is 11.8 Å². The van der Waals surface area contributed by atoms with Crippen molar-refractivity contribution in [1.29, 1.82) is 0 Å². The third-order valence-corrected chi connectivity index (χ3v) is 3.07. The highest BCUT2D eigenvalue weighted by molar-refractivity contribution is 5.79. The summed E-state index contributed by atoms with van der Waals surface area (Å²) in [4.78, 5) is 12.1. The van der Waals surface area contributed by atoms with Gasteiger partial charge in [0.2, 0.25) is 5.91 Å². The maximum Gasteiger partial charge on any atom is 0.223 e. The number of amides is 1. The Bertz CT molecular complexity index is 445. The van der Waals surface area contributed by atoms with E-state index < -0.39 is 5.92 Å². The Morgan fingerprint density at radius 3 is 2.55 bits per heavy atom. The van der Waals surface area contributed by atoms with Crippen LogP contribution in [-0.2, 0) is 11.2 Å². The Morgan fingerprint density at radius 2 is 2.00 bits per heavy atom. The fraction of sp³-hybridized carbons (Fsp3) is 0.533. The Labute approximate surface area is 119 Å². The summed E-state index contributed by atoms with van der Waals surface area (Å²) in [6, 6.07) is 4.30. The highest BCUT2D eigenvalue weighted by atomic mass is 16.3. The second-order valence-corrected chi connectivity index (χ2v) is 5.37. The molecule has 1 aromatic rings. The van der Waals surface area contributed by atoms with Gasteiger partial charge in [-0.1, -0.05) is 19.9 Å². The lowest BCUT2D eigenvalue weighted by atomic mass is 9.94. The Kier molecular flexibility index (Phi) is 6.31. The molecule has 0 saturated carbocycles. The summed E-state index contributed by atoms with van der Waals surface area (Å²) >= 11 is 0. The molecule has 20 heavy (non-hydrogen) atoms. The van der Waals surface area contributed by atoms with Crippen molar-refractivity contribution in [2.75, 3.05) is 13.2 Å². The molecule has 5 heteroatoms. The molecule has 1 unspecified atom stereocenters. The fourth-order valence-corrected chi connectivity index (χ4v) is 1.92. The summed E-state index contributed by atoms with van der Waals surface area (Å²) < 4.78 is 0. The van der Waals surface area contributed by atoms with Gasteiger partial charge < -0.3 is 20.6 Å². The van der Waals surface area contributed by atoms with Crippen LogP contribution in [0.3, 0.4) is 0 Å². The summed E-state index contributed by atoms with van der Waals surface area (Å²) in [6.45, 7) is 4.52. The number of hydrogen-bond donors (Lipinski definition) is 4. The van der Waals surface area contributed by atoms with Crippen molar-refractivity contribution in [2.45, 2.75) is 26.7 Å². The van der Waals surface area contributed by atoms with Crippen LogP contribution in [0.15, 0.2) is 18.2 Å². The first-order chi connectivity index (χ1) is 9.43. The van der Waals surface area contributed by atoms with Crippen LogP contribution >= 0.6 is 0 Å². The van der Waals surface area contributed by atoms with Crippen molar-refractivity contribution in [3.8, 4) is 11.5 Å². The van der Waals surface area contributed by atoms with Crippen LogP contribution in [0, 0.1) is 11.8 Å². The molecular weight excluding hydrogens is 258 g/mol. The Hall–Kier alpha value is -1.75. The van der Waals surface area contributed by atoms with Crippen molar-refractivity contribution < 1.29 is 20.1 Å². The minimum absolute atomic E-state index is 0.0192. The van der Waals surface area contributed by atoms with Crippen molar-refractivity contribution in [1.82, 2.24) is 5.32 Å². The van der Waals surface area contributed by atoms with E-state index >= 15 is 0 Å². The SMILES string of the molecule is CC(C)CNC(=O)C(CCO)Cc1ccc(O)cc1O. The highest BCUT2D eigenvalue weighted by Gasteiger charge is 2.20. The van der Waals surface area contributed by atoms with E-state index in [2.05, 4.69) is 5.32 Å². The maximum atomic E-state index is 12.1. The summed E-state index contributed by atoms with van der Waals surface area (Å²) in [7, 11) is 0. The van der Waals surface area contributed by atoms with Gasteiger partial charge in [0.15, 0.2) is 0 Å². The van der Waals surface area contributed by atoms with Gasteiger partial charge in [0, 0.05) is 25.1 Å². The van der Waals surface area contributed by atoms with Gasteiger partial charge in [0.05, 0.1) is 0 Å². The van der Waals surface area contributed by atoms with Crippen molar-refractivity contribution in [3.63, 3.8) is 0 Å². The molecule has 0 aliphatic heterocycles. The molecule has 0 saturated heterocycles. The van der Waals surface area contributed by atoms with E-state index in [1.165, 1.54) is 12.1 Å². The average Bonchev–Trinajstić information content (AvgIpc) is 2.38. The Balaban J connectivity index is 2.73. The number of benzene rings is 1. The van der Waals surface area contributed by atoms with Gasteiger partial charge in [-0.15, -0.1) is 0 Å². The van der Waals surface area contributed by atoms with E-state index in [1.807, 2.05) is 13.8 Å². The van der Waals surface area contributed by atoms with Crippen LogP contribution in [0.4, 0.5) is 0 Å². The summed E-state index contributed by atoms with van der Waals surface area (Å²) in [5, 5.41) is 30.9. The minimum atomic E-state index is -0.394. The molecule has 0 aromatic heterocycles. The van der Waals surface area contributed by atoms with Crippen LogP contribution in [0.5, 0.6) is 11.5 Å². The molecule has 1 aromatic carbocycles. The summed E-state index contributed by atoms with van der Waals surface area (Å²) in [6.07, 6.45) is 0.668. The zero-order chi connectivity index (χ0) is 15.1. The number of carbonyl (C=O) groups excluding carboxylic acids is 1. The highest BCUT2D eigenvalue weighted by Crippen LogP contribution is 2.25. The Morgan fingerprint density at radius 1 is 1.30 bits per heavy atom. The van der Waals surface area contributed by atoms with Crippen LogP contribution in [0.25, 0.3) is 0 Å². The molecule has 0 aliphatic carbocycles. The molecule has 112 valence electrons. The van der Waals surface area contributed by atoms with E-state index in [-0.39, 0.29) is 24.0 Å². The first-order valence-corrected chi connectivity index (χ1v) is 6.83. The number of aliphatic hydroxyl groups is 1. The van der Waals surface area contributed by atoms with E-state index in [9.17, 15) is 15.0 Å². The molecule has 5 nitrogen and oxygen atoms in total. The number of rotatable bonds is 7. The number of phenolic OH excluding ortho intramolecular Hbond substituents is 2. The number of aliphatic hydroxyl groups excluding tert-OH is 1. The lowest BCUT2D eigenvalue weighted by Crippen LogP contribution is -2.34. The molecular formula is C15H23NO4. The van der Waals surface area contributed by atoms with E-state index in [0.29, 0.717) is 30.9 Å². The molecule has 0 heterocycles. The van der Waals surface area contributed by atoms with E-state index in [1.54, 1.807) is 6.07 Å². The van der Waals surface area contributed by atoms with Gasteiger partial charge in [0.25, 0.3) is 0 Å². The molecule has 0 radical (unpaired) electrons. The van der Waals surface area contributed by atoms with Gasteiger partial charge >= 0.3 is 0 Å².